The molecule has 2 aromatic rings. The van der Waals surface area contributed by atoms with Crippen molar-refractivity contribution in [3.05, 3.63) is 47.7 Å². The van der Waals surface area contributed by atoms with Crippen LogP contribution in [0, 0.1) is 13.8 Å². The number of aryl methyl sites for hydroxylation is 2. The van der Waals surface area contributed by atoms with Crippen molar-refractivity contribution in [2.45, 2.75) is 25.7 Å². The first-order valence-corrected chi connectivity index (χ1v) is 8.10. The number of pyridine rings is 1. The Labute approximate surface area is 129 Å². The van der Waals surface area contributed by atoms with Gasteiger partial charge >= 0.3 is 0 Å². The lowest BCUT2D eigenvalue weighted by atomic mass is 10.2. The molecule has 0 bridgehead atoms. The Hall–Kier alpha value is -2.41. The Kier molecular flexibility index (Phi) is 4.46. The molecule has 6 nitrogen and oxygen atoms in total. The summed E-state index contributed by atoms with van der Waals surface area (Å²) in [7, 11) is -3.72. The third kappa shape index (κ3) is 4.05. The molecule has 1 aromatic carbocycles. The molecule has 0 aliphatic rings. The molecule has 0 radical (unpaired) electrons. The van der Waals surface area contributed by atoms with Crippen molar-refractivity contribution in [2.75, 3.05) is 10.0 Å². The van der Waals surface area contributed by atoms with Crippen LogP contribution in [0.25, 0.3) is 0 Å². The van der Waals surface area contributed by atoms with E-state index < -0.39 is 10.0 Å². The van der Waals surface area contributed by atoms with Crippen LogP contribution in [0.4, 0.5) is 11.5 Å². The van der Waals surface area contributed by atoms with Crippen molar-refractivity contribution < 1.29 is 13.2 Å². The quantitative estimate of drug-likeness (QED) is 0.906. The third-order valence-electron chi connectivity index (χ3n) is 2.82. The number of aromatic nitrogens is 1. The maximum absolute atomic E-state index is 12.3. The zero-order valence-electron chi connectivity index (χ0n) is 12.5. The van der Waals surface area contributed by atoms with Gasteiger partial charge in [0.15, 0.2) is 0 Å². The second-order valence-electron chi connectivity index (χ2n) is 4.98. The number of nitrogens with one attached hydrogen (secondary N) is 2. The minimum atomic E-state index is -3.72. The normalized spacial score (nSPS) is 11.0. The van der Waals surface area contributed by atoms with Crippen molar-refractivity contribution in [1.82, 2.24) is 4.98 Å². The molecule has 0 atom stereocenters. The van der Waals surface area contributed by atoms with Gasteiger partial charge in [-0.1, -0.05) is 0 Å². The molecule has 2 N–H and O–H groups in total. The minimum absolute atomic E-state index is 0.0996. The fourth-order valence-corrected chi connectivity index (χ4v) is 3.00. The van der Waals surface area contributed by atoms with E-state index in [-0.39, 0.29) is 16.6 Å². The van der Waals surface area contributed by atoms with Crippen molar-refractivity contribution in [3.63, 3.8) is 0 Å². The largest absolute Gasteiger partial charge is 0.326 e. The van der Waals surface area contributed by atoms with Gasteiger partial charge in [-0.05, 0) is 55.8 Å². The van der Waals surface area contributed by atoms with Crippen molar-refractivity contribution in [2.24, 2.45) is 0 Å². The van der Waals surface area contributed by atoms with Gasteiger partial charge in [0.2, 0.25) is 5.91 Å². The van der Waals surface area contributed by atoms with Gasteiger partial charge in [0.25, 0.3) is 10.0 Å². The van der Waals surface area contributed by atoms with Crippen LogP contribution < -0.4 is 10.0 Å². The van der Waals surface area contributed by atoms with Gasteiger partial charge in [0.05, 0.1) is 4.90 Å². The van der Waals surface area contributed by atoms with Crippen LogP contribution in [0.1, 0.15) is 18.2 Å². The van der Waals surface area contributed by atoms with Gasteiger partial charge < -0.3 is 5.32 Å². The number of carbonyl (C=O) groups is 1. The van der Waals surface area contributed by atoms with Gasteiger partial charge in [-0.3, -0.25) is 9.52 Å². The smallest absolute Gasteiger partial charge is 0.263 e. The molecule has 0 saturated carbocycles. The topological polar surface area (TPSA) is 88.2 Å². The average molecular weight is 319 g/mol. The highest BCUT2D eigenvalue weighted by Gasteiger charge is 2.15. The van der Waals surface area contributed by atoms with E-state index in [1.54, 1.807) is 13.0 Å². The summed E-state index contributed by atoms with van der Waals surface area (Å²) in [6, 6.07) is 9.44. The monoisotopic (exact) mass is 319 g/mol. The number of rotatable bonds is 4. The second-order valence-corrected chi connectivity index (χ2v) is 6.66. The lowest BCUT2D eigenvalue weighted by Gasteiger charge is -2.09. The first kappa shape index (κ1) is 16.0. The van der Waals surface area contributed by atoms with Crippen molar-refractivity contribution in [3.8, 4) is 0 Å². The Morgan fingerprint density at radius 1 is 1.09 bits per heavy atom. The predicted octanol–water partition coefficient (Wildman–Crippen LogP) is 2.46. The van der Waals surface area contributed by atoms with E-state index in [9.17, 15) is 13.2 Å². The summed E-state index contributed by atoms with van der Waals surface area (Å²) < 4.78 is 27.1. The highest BCUT2D eigenvalue weighted by Crippen LogP contribution is 2.18. The van der Waals surface area contributed by atoms with E-state index in [1.165, 1.54) is 31.2 Å². The maximum Gasteiger partial charge on any atom is 0.263 e. The molecule has 22 heavy (non-hydrogen) atoms. The number of nitrogens with zero attached hydrogens (tertiary/aromatic N) is 1. The highest BCUT2D eigenvalue weighted by atomic mass is 32.2. The number of anilines is 2. The van der Waals surface area contributed by atoms with Gasteiger partial charge in [0, 0.05) is 18.3 Å². The third-order valence-corrected chi connectivity index (χ3v) is 4.19. The highest BCUT2D eigenvalue weighted by molar-refractivity contribution is 7.92. The molecule has 1 amide bonds. The fourth-order valence-electron chi connectivity index (χ4n) is 2.01. The summed E-state index contributed by atoms with van der Waals surface area (Å²) in [5, 5.41) is 2.58. The number of hydrogen-bond acceptors (Lipinski definition) is 4. The molecular weight excluding hydrogens is 302 g/mol. The molecule has 0 saturated heterocycles. The zero-order chi connectivity index (χ0) is 16.3. The standard InChI is InChI=1S/C15H17N3O3S/c1-10-8-11(2)16-15(9-10)18-22(20,21)14-6-4-13(5-7-14)17-12(3)19/h4-9H,1-3H3,(H,16,18)(H,17,19). The molecule has 116 valence electrons. The molecule has 7 heteroatoms. The van der Waals surface area contributed by atoms with Crippen LogP contribution in [0.3, 0.4) is 0 Å². The van der Waals surface area contributed by atoms with Gasteiger partial charge in [-0.2, -0.15) is 0 Å². The van der Waals surface area contributed by atoms with E-state index in [4.69, 9.17) is 0 Å². The van der Waals surface area contributed by atoms with Gasteiger partial charge in [-0.25, -0.2) is 13.4 Å². The van der Waals surface area contributed by atoms with E-state index >= 15 is 0 Å². The zero-order valence-corrected chi connectivity index (χ0v) is 13.4. The minimum Gasteiger partial charge on any atom is -0.326 e. The van der Waals surface area contributed by atoms with Crippen LogP contribution >= 0.6 is 0 Å². The number of amides is 1. The van der Waals surface area contributed by atoms with Crippen LogP contribution in [0.15, 0.2) is 41.3 Å². The van der Waals surface area contributed by atoms with E-state index in [1.807, 2.05) is 13.0 Å². The molecule has 0 aliphatic carbocycles. The molecule has 0 fully saturated rings. The van der Waals surface area contributed by atoms with Gasteiger partial charge in [0.1, 0.15) is 5.82 Å². The summed E-state index contributed by atoms with van der Waals surface area (Å²) >= 11 is 0. The first-order chi connectivity index (χ1) is 10.3. The fraction of sp³-hybridized carbons (Fsp3) is 0.200. The summed E-state index contributed by atoms with van der Waals surface area (Å²) in [4.78, 5) is 15.2. The van der Waals surface area contributed by atoms with Crippen LogP contribution in [-0.4, -0.2) is 19.3 Å². The Balaban J connectivity index is 2.24. The molecular formula is C15H17N3O3S. The van der Waals surface area contributed by atoms with Crippen LogP contribution in [0.2, 0.25) is 0 Å². The Morgan fingerprint density at radius 3 is 2.27 bits per heavy atom. The summed E-state index contributed by atoms with van der Waals surface area (Å²) in [5.74, 6) is 0.0663. The van der Waals surface area contributed by atoms with Gasteiger partial charge in [-0.15, -0.1) is 0 Å². The number of hydrogen-bond donors (Lipinski definition) is 2. The van der Waals surface area contributed by atoms with E-state index in [0.717, 1.165) is 11.3 Å². The van der Waals surface area contributed by atoms with Crippen molar-refractivity contribution in [1.29, 1.82) is 0 Å². The predicted molar refractivity (Wildman–Crippen MR) is 85.3 cm³/mol. The summed E-state index contributed by atoms with van der Waals surface area (Å²) in [6.07, 6.45) is 0. The summed E-state index contributed by atoms with van der Waals surface area (Å²) in [6.45, 7) is 5.06. The molecule has 0 aliphatic heterocycles. The number of carbonyl (C=O) groups excluding carboxylic acids is 1. The first-order valence-electron chi connectivity index (χ1n) is 6.62. The van der Waals surface area contributed by atoms with Crippen molar-refractivity contribution >= 4 is 27.4 Å². The van der Waals surface area contributed by atoms with E-state index in [0.29, 0.717) is 5.69 Å². The second kappa shape index (κ2) is 6.15. The summed E-state index contributed by atoms with van der Waals surface area (Å²) in [5.41, 5.74) is 2.20. The lowest BCUT2D eigenvalue weighted by Crippen LogP contribution is -2.14. The number of sulfonamides is 1. The maximum atomic E-state index is 12.3. The van der Waals surface area contributed by atoms with E-state index in [2.05, 4.69) is 15.0 Å². The molecule has 0 unspecified atom stereocenters. The van der Waals surface area contributed by atoms with Crippen LogP contribution in [-0.2, 0) is 14.8 Å². The lowest BCUT2D eigenvalue weighted by molar-refractivity contribution is -0.114. The molecule has 2 rings (SSSR count). The molecule has 0 spiro atoms. The SMILES string of the molecule is CC(=O)Nc1ccc(S(=O)(=O)Nc2cc(C)cc(C)n2)cc1. The Morgan fingerprint density at radius 2 is 1.73 bits per heavy atom. The van der Waals surface area contributed by atoms with Crippen LogP contribution in [0.5, 0.6) is 0 Å². The average Bonchev–Trinajstić information content (AvgIpc) is 2.36. The Bertz CT molecular complexity index is 779. The number of benzene rings is 1. The molecule has 1 aromatic heterocycles. The molecule has 1 heterocycles.